The van der Waals surface area contributed by atoms with Crippen LogP contribution in [0.25, 0.3) is 0 Å². The summed E-state index contributed by atoms with van der Waals surface area (Å²) in [6.07, 6.45) is 8.88. The Morgan fingerprint density at radius 3 is 2.88 bits per heavy atom. The van der Waals surface area contributed by atoms with Crippen LogP contribution in [0.1, 0.15) is 33.9 Å². The first kappa shape index (κ1) is 15.3. The summed E-state index contributed by atoms with van der Waals surface area (Å²) in [7, 11) is 2.04. The molecule has 0 amide bonds. The number of fused-ring (bicyclic) bond motifs is 1. The molecule has 0 aliphatic heterocycles. The summed E-state index contributed by atoms with van der Waals surface area (Å²) in [5.74, 6) is 2.13. The van der Waals surface area contributed by atoms with E-state index in [0.717, 1.165) is 37.6 Å². The Morgan fingerprint density at radius 1 is 1.21 bits per heavy atom. The van der Waals surface area contributed by atoms with E-state index in [1.54, 1.807) is 6.33 Å². The molecule has 0 radical (unpaired) electrons. The van der Waals surface area contributed by atoms with Gasteiger partial charge in [0.05, 0.1) is 13.1 Å². The molecule has 0 spiro atoms. The second-order valence-corrected chi connectivity index (χ2v) is 7.31. The monoisotopic (exact) mass is 339 g/mol. The van der Waals surface area contributed by atoms with Gasteiger partial charge < -0.3 is 9.47 Å². The van der Waals surface area contributed by atoms with Crippen LogP contribution in [0.4, 0.5) is 5.82 Å². The highest BCUT2D eigenvalue weighted by atomic mass is 32.1. The zero-order valence-corrected chi connectivity index (χ0v) is 14.9. The van der Waals surface area contributed by atoms with Crippen molar-refractivity contribution in [2.45, 2.75) is 39.3 Å². The van der Waals surface area contributed by atoms with Gasteiger partial charge in [0.2, 0.25) is 0 Å². The van der Waals surface area contributed by atoms with Crippen LogP contribution in [0.3, 0.4) is 0 Å². The second kappa shape index (κ2) is 6.36. The Labute approximate surface area is 146 Å². The molecule has 1 aliphatic carbocycles. The lowest BCUT2D eigenvalue weighted by Crippen LogP contribution is -2.26. The molecule has 3 heterocycles. The van der Waals surface area contributed by atoms with E-state index in [4.69, 9.17) is 0 Å². The Kier molecular flexibility index (Phi) is 4.06. The number of hydrogen-bond donors (Lipinski definition) is 0. The number of aromatic nitrogens is 4. The number of anilines is 1. The van der Waals surface area contributed by atoms with Crippen molar-refractivity contribution in [1.29, 1.82) is 0 Å². The zero-order valence-electron chi connectivity index (χ0n) is 14.1. The van der Waals surface area contributed by atoms with Crippen LogP contribution in [0.5, 0.6) is 0 Å². The van der Waals surface area contributed by atoms with E-state index in [0.29, 0.717) is 0 Å². The summed E-state index contributed by atoms with van der Waals surface area (Å²) in [4.78, 5) is 17.4. The van der Waals surface area contributed by atoms with Crippen LogP contribution >= 0.6 is 11.3 Å². The fraction of sp³-hybridized carbons (Fsp3) is 0.389. The standard InChI is InChI=1S/C18H21N5S/c1-13-6-9-24-16(13)10-23(11-17-19-7-8-22(17)2)18-14-4-3-5-15(14)20-12-21-18/h6-9,12H,3-5,10-11H2,1-2H3. The van der Waals surface area contributed by atoms with Crippen molar-refractivity contribution in [3.63, 3.8) is 0 Å². The molecule has 4 rings (SSSR count). The van der Waals surface area contributed by atoms with E-state index >= 15 is 0 Å². The third-order valence-electron chi connectivity index (χ3n) is 4.71. The average Bonchev–Trinajstić information content (AvgIpc) is 3.29. The third kappa shape index (κ3) is 2.82. The molecule has 0 unspecified atom stereocenters. The molecule has 0 fully saturated rings. The molecule has 0 saturated carbocycles. The lowest BCUT2D eigenvalue weighted by molar-refractivity contribution is 0.704. The molecule has 0 N–H and O–H groups in total. The summed E-state index contributed by atoms with van der Waals surface area (Å²) >= 11 is 1.81. The van der Waals surface area contributed by atoms with E-state index in [9.17, 15) is 0 Å². The second-order valence-electron chi connectivity index (χ2n) is 6.31. The summed E-state index contributed by atoms with van der Waals surface area (Å²) < 4.78 is 2.08. The molecule has 5 nitrogen and oxygen atoms in total. The predicted octanol–water partition coefficient (Wildman–Crippen LogP) is 3.28. The maximum atomic E-state index is 4.65. The van der Waals surface area contributed by atoms with Gasteiger partial charge in [-0.1, -0.05) is 0 Å². The minimum atomic E-state index is 0.754. The van der Waals surface area contributed by atoms with Crippen molar-refractivity contribution in [2.24, 2.45) is 7.05 Å². The summed E-state index contributed by atoms with van der Waals surface area (Å²) in [5, 5.41) is 2.16. The first-order valence-corrected chi connectivity index (χ1v) is 9.17. The van der Waals surface area contributed by atoms with Gasteiger partial charge in [0.15, 0.2) is 0 Å². The van der Waals surface area contributed by atoms with Crippen LogP contribution in [-0.2, 0) is 33.0 Å². The number of hydrogen-bond acceptors (Lipinski definition) is 5. The number of imidazole rings is 1. The van der Waals surface area contributed by atoms with Crippen LogP contribution in [0, 0.1) is 6.92 Å². The molecule has 1 aliphatic rings. The zero-order chi connectivity index (χ0) is 16.5. The Hall–Kier alpha value is -2.21. The minimum absolute atomic E-state index is 0.754. The third-order valence-corrected chi connectivity index (χ3v) is 5.72. The SMILES string of the molecule is Cc1ccsc1CN(Cc1nccn1C)c1ncnc2c1CCC2. The topological polar surface area (TPSA) is 46.8 Å². The fourth-order valence-electron chi connectivity index (χ4n) is 3.28. The smallest absolute Gasteiger partial charge is 0.136 e. The van der Waals surface area contributed by atoms with Crippen molar-refractivity contribution < 1.29 is 0 Å². The summed E-state index contributed by atoms with van der Waals surface area (Å²) in [6, 6.07) is 2.18. The first-order valence-electron chi connectivity index (χ1n) is 8.29. The van der Waals surface area contributed by atoms with Gasteiger partial charge in [0, 0.05) is 35.6 Å². The Balaban J connectivity index is 1.71. The minimum Gasteiger partial charge on any atom is -0.344 e. The Morgan fingerprint density at radius 2 is 2.12 bits per heavy atom. The van der Waals surface area contributed by atoms with E-state index in [-0.39, 0.29) is 0 Å². The van der Waals surface area contributed by atoms with Crippen molar-refractivity contribution in [1.82, 2.24) is 19.5 Å². The maximum Gasteiger partial charge on any atom is 0.136 e. The van der Waals surface area contributed by atoms with E-state index in [1.165, 1.54) is 28.1 Å². The molecule has 0 bridgehead atoms. The molecule has 0 atom stereocenters. The lowest BCUT2D eigenvalue weighted by Gasteiger charge is -2.25. The highest BCUT2D eigenvalue weighted by Gasteiger charge is 2.23. The average molecular weight is 339 g/mol. The highest BCUT2D eigenvalue weighted by Crippen LogP contribution is 2.30. The van der Waals surface area contributed by atoms with Crippen LogP contribution in [0.2, 0.25) is 0 Å². The van der Waals surface area contributed by atoms with Crippen LogP contribution in [-0.4, -0.2) is 19.5 Å². The van der Waals surface area contributed by atoms with Gasteiger partial charge in [-0.25, -0.2) is 15.0 Å². The van der Waals surface area contributed by atoms with E-state index in [2.05, 4.69) is 42.8 Å². The molecular weight excluding hydrogens is 318 g/mol. The van der Waals surface area contributed by atoms with Gasteiger partial charge >= 0.3 is 0 Å². The first-order chi connectivity index (χ1) is 11.7. The van der Waals surface area contributed by atoms with Crippen molar-refractivity contribution in [2.75, 3.05) is 4.90 Å². The quantitative estimate of drug-likeness (QED) is 0.716. The number of aryl methyl sites for hydroxylation is 3. The van der Waals surface area contributed by atoms with Crippen molar-refractivity contribution in [3.05, 3.63) is 57.7 Å². The van der Waals surface area contributed by atoms with Crippen molar-refractivity contribution in [3.8, 4) is 0 Å². The van der Waals surface area contributed by atoms with Gasteiger partial charge in [0.25, 0.3) is 0 Å². The fourth-order valence-corrected chi connectivity index (χ4v) is 4.20. The summed E-state index contributed by atoms with van der Waals surface area (Å²) in [6.45, 7) is 3.79. The van der Waals surface area contributed by atoms with Crippen molar-refractivity contribution >= 4 is 17.2 Å². The molecular formula is C18H21N5S. The maximum absolute atomic E-state index is 4.65. The number of thiophene rings is 1. The van der Waals surface area contributed by atoms with Crippen LogP contribution in [0.15, 0.2) is 30.2 Å². The molecule has 3 aromatic heterocycles. The molecule has 6 heteroatoms. The molecule has 3 aromatic rings. The molecule has 0 saturated heterocycles. The lowest BCUT2D eigenvalue weighted by atomic mass is 10.2. The summed E-state index contributed by atoms with van der Waals surface area (Å²) in [5.41, 5.74) is 3.88. The molecule has 124 valence electrons. The van der Waals surface area contributed by atoms with Gasteiger partial charge in [0.1, 0.15) is 18.0 Å². The highest BCUT2D eigenvalue weighted by molar-refractivity contribution is 7.10. The van der Waals surface area contributed by atoms with E-state index < -0.39 is 0 Å². The van der Waals surface area contributed by atoms with Gasteiger partial charge in [-0.2, -0.15) is 0 Å². The molecule has 0 aromatic carbocycles. The van der Waals surface area contributed by atoms with E-state index in [1.807, 2.05) is 30.8 Å². The predicted molar refractivity (Wildman–Crippen MR) is 96.2 cm³/mol. The number of nitrogens with zero attached hydrogens (tertiary/aromatic N) is 5. The molecule has 24 heavy (non-hydrogen) atoms. The Bertz CT molecular complexity index is 808. The number of rotatable bonds is 5. The van der Waals surface area contributed by atoms with Gasteiger partial charge in [-0.05, 0) is 43.2 Å². The van der Waals surface area contributed by atoms with Gasteiger partial charge in [-0.3, -0.25) is 0 Å². The largest absolute Gasteiger partial charge is 0.344 e. The normalized spacial score (nSPS) is 13.2. The van der Waals surface area contributed by atoms with Crippen LogP contribution < -0.4 is 4.90 Å². The van der Waals surface area contributed by atoms with Gasteiger partial charge in [-0.15, -0.1) is 11.3 Å².